The molecule has 0 radical (unpaired) electrons. The van der Waals surface area contributed by atoms with E-state index in [1.807, 2.05) is 11.0 Å². The van der Waals surface area contributed by atoms with Crippen molar-refractivity contribution in [3.8, 4) is 17.6 Å². The van der Waals surface area contributed by atoms with Crippen molar-refractivity contribution in [2.45, 2.75) is 44.4 Å². The van der Waals surface area contributed by atoms with Crippen LogP contribution in [0.15, 0.2) is 29.3 Å². The quantitative estimate of drug-likeness (QED) is 0.394. The maximum absolute atomic E-state index is 12.2. The summed E-state index contributed by atoms with van der Waals surface area (Å²) in [6.07, 6.45) is 6.76. The maximum Gasteiger partial charge on any atom is 0.246 e. The summed E-state index contributed by atoms with van der Waals surface area (Å²) in [7, 11) is 0. The molecule has 2 N–H and O–H groups in total. The number of aromatic nitrogens is 3. The Hall–Kier alpha value is -3.95. The third-order valence-corrected chi connectivity index (χ3v) is 10.8. The zero-order valence-electron chi connectivity index (χ0n) is 25.3. The molecule has 1 amide bonds. The summed E-state index contributed by atoms with van der Waals surface area (Å²) >= 11 is 1.50. The van der Waals surface area contributed by atoms with Crippen LogP contribution in [-0.2, 0) is 16.6 Å². The summed E-state index contributed by atoms with van der Waals surface area (Å²) in [5.41, 5.74) is 8.81. The Kier molecular flexibility index (Phi) is 7.54. The Balaban J connectivity index is 1.20. The van der Waals surface area contributed by atoms with Gasteiger partial charge in [0.1, 0.15) is 22.6 Å². The van der Waals surface area contributed by atoms with Crippen molar-refractivity contribution in [1.29, 1.82) is 5.26 Å². The zero-order chi connectivity index (χ0) is 30.4. The second kappa shape index (κ2) is 11.5. The van der Waals surface area contributed by atoms with Gasteiger partial charge in [-0.1, -0.05) is 11.7 Å². The third kappa shape index (κ3) is 5.32. The van der Waals surface area contributed by atoms with Crippen molar-refractivity contribution in [3.63, 3.8) is 0 Å². The number of pyridine rings is 1. The van der Waals surface area contributed by atoms with Gasteiger partial charge in [-0.05, 0) is 57.1 Å². The Morgan fingerprint density at radius 1 is 1.16 bits per heavy atom. The fourth-order valence-electron chi connectivity index (χ4n) is 6.96. The van der Waals surface area contributed by atoms with E-state index in [1.54, 1.807) is 0 Å². The number of hydrogen-bond donors (Lipinski definition) is 1. The molecule has 44 heavy (non-hydrogen) atoms. The third-order valence-electron chi connectivity index (χ3n) is 9.72. The molecule has 1 atom stereocenters. The van der Waals surface area contributed by atoms with Crippen LogP contribution >= 0.6 is 11.3 Å². The summed E-state index contributed by atoms with van der Waals surface area (Å²) < 4.78 is 5.97. The molecule has 7 rings (SSSR count). The molecule has 0 aromatic carbocycles. The van der Waals surface area contributed by atoms with Crippen molar-refractivity contribution < 1.29 is 9.32 Å². The predicted octanol–water partition coefficient (Wildman–Crippen LogP) is 3.66. The van der Waals surface area contributed by atoms with Gasteiger partial charge in [0.25, 0.3) is 0 Å². The lowest BCUT2D eigenvalue weighted by Crippen LogP contribution is -2.48. The highest BCUT2D eigenvalue weighted by Crippen LogP contribution is 2.48. The molecular formula is C32H39N9O2S. The van der Waals surface area contributed by atoms with Crippen LogP contribution in [0.5, 0.6) is 0 Å². The normalized spacial score (nSPS) is 22.5. The number of carbonyl (C=O) groups is 1. The van der Waals surface area contributed by atoms with Crippen LogP contribution in [0.4, 0.5) is 16.5 Å². The first-order chi connectivity index (χ1) is 21.4. The van der Waals surface area contributed by atoms with E-state index >= 15 is 0 Å². The number of fused-ring (bicyclic) bond motifs is 1. The van der Waals surface area contributed by atoms with E-state index in [-0.39, 0.29) is 5.91 Å². The van der Waals surface area contributed by atoms with E-state index in [2.05, 4.69) is 45.5 Å². The minimum absolute atomic E-state index is 0.0320. The molecule has 3 aromatic heterocycles. The first-order valence-electron chi connectivity index (χ1n) is 15.7. The Morgan fingerprint density at radius 2 is 1.91 bits per heavy atom. The molecule has 1 unspecified atom stereocenters. The van der Waals surface area contributed by atoms with E-state index in [0.29, 0.717) is 54.2 Å². The molecule has 4 aliphatic rings. The van der Waals surface area contributed by atoms with E-state index in [4.69, 9.17) is 20.2 Å². The molecule has 3 aromatic rings. The molecule has 2 saturated heterocycles. The van der Waals surface area contributed by atoms with Crippen LogP contribution in [0.2, 0.25) is 0 Å². The number of amides is 1. The monoisotopic (exact) mass is 613 g/mol. The number of aryl methyl sites for hydroxylation is 1. The lowest BCUT2D eigenvalue weighted by atomic mass is 9.72. The molecule has 2 aliphatic heterocycles. The van der Waals surface area contributed by atoms with Crippen LogP contribution in [0.25, 0.3) is 11.5 Å². The van der Waals surface area contributed by atoms with Gasteiger partial charge >= 0.3 is 0 Å². The summed E-state index contributed by atoms with van der Waals surface area (Å²) in [6.45, 7) is 13.5. The van der Waals surface area contributed by atoms with Gasteiger partial charge in [-0.2, -0.15) is 10.2 Å². The van der Waals surface area contributed by atoms with Crippen LogP contribution in [-0.4, -0.2) is 89.7 Å². The number of thiophene rings is 1. The van der Waals surface area contributed by atoms with Crippen molar-refractivity contribution in [3.05, 3.63) is 46.7 Å². The number of nitriles is 1. The average Bonchev–Trinajstić information content (AvgIpc) is 3.59. The van der Waals surface area contributed by atoms with Gasteiger partial charge in [-0.3, -0.25) is 9.69 Å². The van der Waals surface area contributed by atoms with Gasteiger partial charge in [-0.15, -0.1) is 11.3 Å². The van der Waals surface area contributed by atoms with E-state index < -0.39 is 5.41 Å². The summed E-state index contributed by atoms with van der Waals surface area (Å²) in [4.78, 5) is 32.4. The second-order valence-corrected chi connectivity index (χ2v) is 13.8. The van der Waals surface area contributed by atoms with Crippen molar-refractivity contribution >= 4 is 33.8 Å². The summed E-state index contributed by atoms with van der Waals surface area (Å²) in [5, 5.41) is 14.9. The molecule has 230 valence electrons. The SMILES string of the molecule is C=CC(=O)N1CCN(c2cc(-c3noc(C4(C)CCCc5sc(N)c(C#N)c54)n3)nc(N3CCN(CC4CC4)CC3)c2)CC1. The number of hydrogen-bond acceptors (Lipinski definition) is 11. The van der Waals surface area contributed by atoms with Gasteiger partial charge in [0, 0.05) is 81.1 Å². The van der Waals surface area contributed by atoms with Gasteiger partial charge in [0.05, 0.1) is 11.0 Å². The highest BCUT2D eigenvalue weighted by Gasteiger charge is 2.43. The Labute approximate surface area is 261 Å². The number of anilines is 3. The first kappa shape index (κ1) is 28.8. The minimum atomic E-state index is -0.593. The number of rotatable bonds is 7. The number of nitrogens with zero attached hydrogens (tertiary/aromatic N) is 8. The van der Waals surface area contributed by atoms with Gasteiger partial charge in [0.2, 0.25) is 17.6 Å². The van der Waals surface area contributed by atoms with Gasteiger partial charge in [-0.25, -0.2) is 4.98 Å². The van der Waals surface area contributed by atoms with Crippen LogP contribution in [0.3, 0.4) is 0 Å². The molecular weight excluding hydrogens is 574 g/mol. The molecule has 5 heterocycles. The number of piperazine rings is 2. The van der Waals surface area contributed by atoms with Gasteiger partial charge in [0.15, 0.2) is 0 Å². The van der Waals surface area contributed by atoms with Crippen molar-refractivity contribution in [2.24, 2.45) is 5.92 Å². The average molecular weight is 614 g/mol. The highest BCUT2D eigenvalue weighted by molar-refractivity contribution is 7.16. The number of nitrogens with two attached hydrogens (primary N) is 1. The van der Waals surface area contributed by atoms with Gasteiger partial charge < -0.3 is 25.0 Å². The van der Waals surface area contributed by atoms with Crippen LogP contribution in [0.1, 0.15) is 54.5 Å². The molecule has 3 fully saturated rings. The standard InChI is InChI=1S/C32H39N9O2S/c1-3-27(42)41-15-13-39(14-16-41)22-17-24(35-26(18-22)40-11-9-38(10-12-40)20-21-6-7-21)30-36-31(43-37-30)32(2)8-4-5-25-28(32)23(19-33)29(34)44-25/h3,17-18,21H,1,4-16,20,34H2,2H3. The second-order valence-electron chi connectivity index (χ2n) is 12.7. The largest absolute Gasteiger partial charge is 0.389 e. The van der Waals surface area contributed by atoms with Crippen LogP contribution in [0, 0.1) is 17.2 Å². The molecule has 0 bridgehead atoms. The lowest BCUT2D eigenvalue weighted by Gasteiger charge is -2.38. The molecule has 12 heteroatoms. The molecule has 0 spiro atoms. The Morgan fingerprint density at radius 3 is 2.61 bits per heavy atom. The first-order valence-corrected chi connectivity index (χ1v) is 16.5. The van der Waals surface area contributed by atoms with Crippen molar-refractivity contribution in [2.75, 3.05) is 74.4 Å². The topological polar surface area (TPSA) is 132 Å². The number of carbonyl (C=O) groups excluding carboxylic acids is 1. The zero-order valence-corrected chi connectivity index (χ0v) is 26.1. The Bertz CT molecular complexity index is 1610. The van der Waals surface area contributed by atoms with E-state index in [1.165, 1.54) is 36.8 Å². The summed E-state index contributed by atoms with van der Waals surface area (Å²) in [6, 6.07) is 6.52. The van der Waals surface area contributed by atoms with E-state index in [9.17, 15) is 10.1 Å². The fourth-order valence-corrected chi connectivity index (χ4v) is 8.15. The lowest BCUT2D eigenvalue weighted by molar-refractivity contribution is -0.126. The summed E-state index contributed by atoms with van der Waals surface area (Å²) in [5.74, 6) is 2.68. The highest BCUT2D eigenvalue weighted by atomic mass is 32.1. The smallest absolute Gasteiger partial charge is 0.246 e. The predicted molar refractivity (Wildman–Crippen MR) is 171 cm³/mol. The van der Waals surface area contributed by atoms with Crippen molar-refractivity contribution in [1.82, 2.24) is 24.9 Å². The molecule has 2 aliphatic carbocycles. The number of nitrogen functional groups attached to an aromatic ring is 1. The van der Waals surface area contributed by atoms with Crippen LogP contribution < -0.4 is 15.5 Å². The minimum Gasteiger partial charge on any atom is -0.389 e. The maximum atomic E-state index is 12.2. The van der Waals surface area contributed by atoms with E-state index in [0.717, 1.165) is 73.3 Å². The molecule has 11 nitrogen and oxygen atoms in total. The fraction of sp³-hybridized carbons (Fsp3) is 0.531. The molecule has 1 saturated carbocycles.